The highest BCUT2D eigenvalue weighted by molar-refractivity contribution is 6.30. The van der Waals surface area contributed by atoms with Gasteiger partial charge in [0.2, 0.25) is 0 Å². The van der Waals surface area contributed by atoms with E-state index in [0.717, 1.165) is 46.3 Å². The second kappa shape index (κ2) is 6.82. The molecule has 3 nitrogen and oxygen atoms in total. The van der Waals surface area contributed by atoms with Crippen LogP contribution in [-0.2, 0) is 13.2 Å². The molecule has 0 bridgehead atoms. The molecule has 0 aliphatic carbocycles. The Bertz CT molecular complexity index is 555. The summed E-state index contributed by atoms with van der Waals surface area (Å²) in [5.74, 6) is 1.82. The van der Waals surface area contributed by atoms with E-state index in [1.54, 1.807) is 6.26 Å². The van der Waals surface area contributed by atoms with Crippen molar-refractivity contribution in [2.75, 3.05) is 6.54 Å². The number of ether oxygens (including phenoxy) is 1. The Kier molecular flexibility index (Phi) is 5.10. The Morgan fingerprint density at radius 1 is 1.25 bits per heavy atom. The molecule has 1 aromatic heterocycles. The molecule has 0 atom stereocenters. The van der Waals surface area contributed by atoms with Crippen molar-refractivity contribution in [3.05, 3.63) is 51.9 Å². The zero-order chi connectivity index (χ0) is 14.5. The SMILES string of the molecule is CCNCc1occc1COc1c(C)cc(Cl)cc1C. The third-order valence-electron chi connectivity index (χ3n) is 3.17. The summed E-state index contributed by atoms with van der Waals surface area (Å²) >= 11 is 6.03. The highest BCUT2D eigenvalue weighted by Crippen LogP contribution is 2.28. The lowest BCUT2D eigenvalue weighted by Crippen LogP contribution is -2.13. The topological polar surface area (TPSA) is 34.4 Å². The summed E-state index contributed by atoms with van der Waals surface area (Å²) in [6, 6.07) is 5.78. The average Bonchev–Trinajstić information content (AvgIpc) is 2.82. The number of nitrogens with one attached hydrogen (secondary N) is 1. The van der Waals surface area contributed by atoms with Gasteiger partial charge in [-0.2, -0.15) is 0 Å². The highest BCUT2D eigenvalue weighted by atomic mass is 35.5. The lowest BCUT2D eigenvalue weighted by atomic mass is 10.1. The third-order valence-corrected chi connectivity index (χ3v) is 3.39. The van der Waals surface area contributed by atoms with Gasteiger partial charge in [0, 0.05) is 10.6 Å². The van der Waals surface area contributed by atoms with Crippen molar-refractivity contribution in [3.63, 3.8) is 0 Å². The van der Waals surface area contributed by atoms with Crippen LogP contribution in [-0.4, -0.2) is 6.54 Å². The van der Waals surface area contributed by atoms with Gasteiger partial charge >= 0.3 is 0 Å². The van der Waals surface area contributed by atoms with Crippen molar-refractivity contribution in [1.29, 1.82) is 0 Å². The summed E-state index contributed by atoms with van der Waals surface area (Å²) in [4.78, 5) is 0. The molecular formula is C16H20ClNO2. The normalized spacial score (nSPS) is 10.8. The van der Waals surface area contributed by atoms with Gasteiger partial charge in [-0.25, -0.2) is 0 Å². The number of furan rings is 1. The monoisotopic (exact) mass is 293 g/mol. The van der Waals surface area contributed by atoms with Crippen LogP contribution in [0.25, 0.3) is 0 Å². The van der Waals surface area contributed by atoms with E-state index in [1.807, 2.05) is 32.0 Å². The van der Waals surface area contributed by atoms with Crippen LogP contribution in [0.2, 0.25) is 5.02 Å². The molecular weight excluding hydrogens is 274 g/mol. The first-order valence-electron chi connectivity index (χ1n) is 6.77. The molecule has 1 heterocycles. The van der Waals surface area contributed by atoms with E-state index in [9.17, 15) is 0 Å². The van der Waals surface area contributed by atoms with E-state index in [-0.39, 0.29) is 0 Å². The number of benzene rings is 1. The molecule has 0 unspecified atom stereocenters. The first-order valence-corrected chi connectivity index (χ1v) is 7.15. The number of hydrogen-bond acceptors (Lipinski definition) is 3. The molecule has 2 aromatic rings. The fraction of sp³-hybridized carbons (Fsp3) is 0.375. The predicted octanol–water partition coefficient (Wildman–Crippen LogP) is 4.24. The van der Waals surface area contributed by atoms with Gasteiger partial charge < -0.3 is 14.5 Å². The quantitative estimate of drug-likeness (QED) is 0.865. The van der Waals surface area contributed by atoms with Crippen molar-refractivity contribution in [2.24, 2.45) is 0 Å². The summed E-state index contributed by atoms with van der Waals surface area (Å²) in [6.07, 6.45) is 1.70. The molecule has 0 aliphatic rings. The van der Waals surface area contributed by atoms with Crippen molar-refractivity contribution < 1.29 is 9.15 Å². The van der Waals surface area contributed by atoms with E-state index in [4.69, 9.17) is 20.8 Å². The second-order valence-electron chi connectivity index (χ2n) is 4.81. The lowest BCUT2D eigenvalue weighted by Gasteiger charge is -2.12. The summed E-state index contributed by atoms with van der Waals surface area (Å²) in [6.45, 7) is 8.21. The van der Waals surface area contributed by atoms with Crippen LogP contribution in [0, 0.1) is 13.8 Å². The lowest BCUT2D eigenvalue weighted by molar-refractivity contribution is 0.297. The molecule has 2 rings (SSSR count). The van der Waals surface area contributed by atoms with Crippen LogP contribution >= 0.6 is 11.6 Å². The molecule has 0 radical (unpaired) electrons. The maximum Gasteiger partial charge on any atom is 0.125 e. The van der Waals surface area contributed by atoms with Crippen molar-refractivity contribution >= 4 is 11.6 Å². The molecule has 1 N–H and O–H groups in total. The second-order valence-corrected chi connectivity index (χ2v) is 5.24. The summed E-state index contributed by atoms with van der Waals surface area (Å²) in [5, 5.41) is 3.99. The van der Waals surface area contributed by atoms with E-state index in [2.05, 4.69) is 12.2 Å². The fourth-order valence-corrected chi connectivity index (χ4v) is 2.49. The van der Waals surface area contributed by atoms with Gasteiger partial charge in [0.25, 0.3) is 0 Å². The van der Waals surface area contributed by atoms with Crippen LogP contribution in [0.5, 0.6) is 5.75 Å². The minimum atomic E-state index is 0.501. The van der Waals surface area contributed by atoms with Crippen molar-refractivity contribution in [1.82, 2.24) is 5.32 Å². The van der Waals surface area contributed by atoms with Crippen LogP contribution in [0.4, 0.5) is 0 Å². The smallest absolute Gasteiger partial charge is 0.125 e. The van der Waals surface area contributed by atoms with E-state index in [1.165, 1.54) is 0 Å². The van der Waals surface area contributed by atoms with E-state index in [0.29, 0.717) is 6.61 Å². The minimum Gasteiger partial charge on any atom is -0.488 e. The Morgan fingerprint density at radius 3 is 2.60 bits per heavy atom. The van der Waals surface area contributed by atoms with Crippen molar-refractivity contribution in [3.8, 4) is 5.75 Å². The molecule has 0 spiro atoms. The largest absolute Gasteiger partial charge is 0.488 e. The Hall–Kier alpha value is -1.45. The Balaban J connectivity index is 2.07. The Labute approximate surface area is 124 Å². The van der Waals surface area contributed by atoms with Gasteiger partial charge in [0.05, 0.1) is 12.8 Å². The van der Waals surface area contributed by atoms with Crippen LogP contribution in [0.15, 0.2) is 28.9 Å². The van der Waals surface area contributed by atoms with Crippen LogP contribution in [0.3, 0.4) is 0 Å². The zero-order valence-electron chi connectivity index (χ0n) is 12.1. The fourth-order valence-electron chi connectivity index (χ4n) is 2.16. The molecule has 0 aliphatic heterocycles. The number of hydrogen-bond donors (Lipinski definition) is 1. The summed E-state index contributed by atoms with van der Waals surface area (Å²) < 4.78 is 11.4. The number of rotatable bonds is 6. The van der Waals surface area contributed by atoms with Crippen LogP contribution in [0.1, 0.15) is 29.4 Å². The number of halogens is 1. The summed E-state index contributed by atoms with van der Waals surface area (Å²) in [5.41, 5.74) is 3.16. The first-order chi connectivity index (χ1) is 9.61. The maximum absolute atomic E-state index is 6.03. The highest BCUT2D eigenvalue weighted by Gasteiger charge is 2.10. The molecule has 20 heavy (non-hydrogen) atoms. The number of aryl methyl sites for hydroxylation is 2. The van der Waals surface area contributed by atoms with Gasteiger partial charge in [0.15, 0.2) is 0 Å². The maximum atomic E-state index is 6.03. The molecule has 0 saturated heterocycles. The average molecular weight is 294 g/mol. The van der Waals surface area contributed by atoms with Gasteiger partial charge in [0.1, 0.15) is 18.1 Å². The molecule has 1 aromatic carbocycles. The molecule has 4 heteroatoms. The molecule has 0 amide bonds. The summed E-state index contributed by atoms with van der Waals surface area (Å²) in [7, 11) is 0. The predicted molar refractivity (Wildman–Crippen MR) is 81.3 cm³/mol. The Morgan fingerprint density at radius 2 is 1.95 bits per heavy atom. The van der Waals surface area contributed by atoms with Crippen molar-refractivity contribution in [2.45, 2.75) is 33.9 Å². The molecule has 0 saturated carbocycles. The van der Waals surface area contributed by atoms with Crippen LogP contribution < -0.4 is 10.1 Å². The van der Waals surface area contributed by atoms with Gasteiger partial charge in [-0.15, -0.1) is 0 Å². The van der Waals surface area contributed by atoms with Gasteiger partial charge in [-0.3, -0.25) is 0 Å². The van der Waals surface area contributed by atoms with Gasteiger partial charge in [-0.1, -0.05) is 18.5 Å². The standard InChI is InChI=1S/C16H20ClNO2/c1-4-18-9-15-13(5-6-19-15)10-20-16-11(2)7-14(17)8-12(16)3/h5-8,18H,4,9-10H2,1-3H3. The zero-order valence-corrected chi connectivity index (χ0v) is 12.9. The van der Waals surface area contributed by atoms with E-state index < -0.39 is 0 Å². The van der Waals surface area contributed by atoms with Gasteiger partial charge in [-0.05, 0) is 49.7 Å². The molecule has 0 fully saturated rings. The minimum absolute atomic E-state index is 0.501. The third kappa shape index (κ3) is 3.56. The molecule has 108 valence electrons. The first kappa shape index (κ1) is 14.9. The van der Waals surface area contributed by atoms with E-state index >= 15 is 0 Å².